The molecule has 2 aromatic carbocycles. The Bertz CT molecular complexity index is 1050. The highest BCUT2D eigenvalue weighted by molar-refractivity contribution is 7.99. The Hall–Kier alpha value is -3.04. The molecule has 8 nitrogen and oxygen atoms in total. The molecule has 2 aliphatic rings. The SMILES string of the molecule is CCC(COC)(NC(=O)OCC1c2ccccc2-c2ccccc21)C(=O)N1CSCC1C(=O)O. The Morgan fingerprint density at radius 3 is 2.29 bits per heavy atom. The van der Waals surface area contributed by atoms with Crippen LogP contribution in [0.1, 0.15) is 30.4 Å². The number of hydrogen-bond donors (Lipinski definition) is 2. The zero-order valence-corrected chi connectivity index (χ0v) is 20.0. The summed E-state index contributed by atoms with van der Waals surface area (Å²) >= 11 is 1.36. The average Bonchev–Trinajstić information content (AvgIpc) is 3.45. The number of hydrogen-bond acceptors (Lipinski definition) is 6. The van der Waals surface area contributed by atoms with Gasteiger partial charge in [-0.05, 0) is 28.7 Å². The second kappa shape index (κ2) is 10.1. The fourth-order valence-electron chi connectivity index (χ4n) is 4.69. The quantitative estimate of drug-likeness (QED) is 0.592. The van der Waals surface area contributed by atoms with Gasteiger partial charge in [0.2, 0.25) is 0 Å². The van der Waals surface area contributed by atoms with Crippen LogP contribution in [0.4, 0.5) is 4.79 Å². The van der Waals surface area contributed by atoms with Crippen molar-refractivity contribution >= 4 is 29.7 Å². The summed E-state index contributed by atoms with van der Waals surface area (Å²) in [5, 5.41) is 12.2. The van der Waals surface area contributed by atoms with Crippen LogP contribution < -0.4 is 5.32 Å². The Morgan fingerprint density at radius 2 is 1.74 bits per heavy atom. The Balaban J connectivity index is 1.50. The predicted molar refractivity (Wildman–Crippen MR) is 129 cm³/mol. The number of ether oxygens (including phenoxy) is 2. The smallest absolute Gasteiger partial charge is 0.408 e. The molecule has 1 saturated heterocycles. The monoisotopic (exact) mass is 484 g/mol. The van der Waals surface area contributed by atoms with E-state index in [1.807, 2.05) is 36.4 Å². The van der Waals surface area contributed by atoms with Crippen molar-refractivity contribution in [1.29, 1.82) is 0 Å². The molecule has 2 unspecified atom stereocenters. The van der Waals surface area contributed by atoms with Crippen molar-refractivity contribution in [3.63, 3.8) is 0 Å². The van der Waals surface area contributed by atoms with Gasteiger partial charge in [-0.25, -0.2) is 9.59 Å². The molecule has 0 saturated carbocycles. The van der Waals surface area contributed by atoms with Gasteiger partial charge in [-0.1, -0.05) is 55.5 Å². The van der Waals surface area contributed by atoms with E-state index in [-0.39, 0.29) is 31.4 Å². The van der Waals surface area contributed by atoms with Crippen LogP contribution >= 0.6 is 11.8 Å². The summed E-state index contributed by atoms with van der Waals surface area (Å²) in [6.07, 6.45) is -0.523. The van der Waals surface area contributed by atoms with Crippen molar-refractivity contribution in [3.05, 3.63) is 59.7 Å². The van der Waals surface area contributed by atoms with Gasteiger partial charge < -0.3 is 24.8 Å². The van der Waals surface area contributed by atoms with Crippen LogP contribution in [0.5, 0.6) is 0 Å². The fraction of sp³-hybridized carbons (Fsp3) is 0.400. The highest BCUT2D eigenvalue weighted by Crippen LogP contribution is 2.44. The topological polar surface area (TPSA) is 105 Å². The first-order chi connectivity index (χ1) is 16.4. The van der Waals surface area contributed by atoms with E-state index in [2.05, 4.69) is 17.4 Å². The molecule has 2 aromatic rings. The minimum atomic E-state index is -1.42. The van der Waals surface area contributed by atoms with Gasteiger partial charge in [-0.3, -0.25) is 4.79 Å². The number of alkyl carbamates (subject to hydrolysis) is 1. The average molecular weight is 485 g/mol. The largest absolute Gasteiger partial charge is 0.480 e. The first kappa shape index (κ1) is 24.1. The van der Waals surface area contributed by atoms with Crippen molar-refractivity contribution in [2.24, 2.45) is 0 Å². The van der Waals surface area contributed by atoms with Crippen LogP contribution in [-0.2, 0) is 19.1 Å². The molecule has 2 amide bonds. The first-order valence-corrected chi connectivity index (χ1v) is 12.3. The summed E-state index contributed by atoms with van der Waals surface area (Å²) < 4.78 is 10.9. The number of aliphatic carboxylic acids is 1. The van der Waals surface area contributed by atoms with E-state index >= 15 is 0 Å². The molecule has 1 aliphatic heterocycles. The van der Waals surface area contributed by atoms with Gasteiger partial charge in [-0.15, -0.1) is 11.8 Å². The maximum atomic E-state index is 13.4. The second-order valence-electron chi connectivity index (χ2n) is 8.45. The molecular formula is C25H28N2O6S. The van der Waals surface area contributed by atoms with E-state index < -0.39 is 29.6 Å². The van der Waals surface area contributed by atoms with Gasteiger partial charge in [0.1, 0.15) is 18.2 Å². The number of fused-ring (bicyclic) bond motifs is 3. The van der Waals surface area contributed by atoms with Gasteiger partial charge in [0.15, 0.2) is 0 Å². The number of benzene rings is 2. The zero-order valence-electron chi connectivity index (χ0n) is 19.2. The van der Waals surface area contributed by atoms with Crippen molar-refractivity contribution in [2.75, 3.05) is 32.0 Å². The molecule has 1 fully saturated rings. The van der Waals surface area contributed by atoms with E-state index in [9.17, 15) is 19.5 Å². The normalized spacial score (nSPS) is 18.6. The number of amides is 2. The molecule has 0 spiro atoms. The lowest BCUT2D eigenvalue weighted by molar-refractivity contribution is -0.151. The Labute approximate surface area is 202 Å². The molecule has 34 heavy (non-hydrogen) atoms. The number of nitrogens with one attached hydrogen (secondary N) is 1. The number of thioether (sulfide) groups is 1. The molecule has 1 aliphatic carbocycles. The third-order valence-corrected chi connectivity index (χ3v) is 7.53. The summed E-state index contributed by atoms with van der Waals surface area (Å²) in [7, 11) is 1.44. The standard InChI is InChI=1S/C25H28N2O6S/c1-3-25(14-32-2,23(30)27-15-34-13-21(27)22(28)29)26-24(31)33-12-20-18-10-6-4-8-16(18)17-9-5-7-11-19(17)20/h4-11,20-21H,3,12-15H2,1-2H3,(H,26,31)(H,28,29). The highest BCUT2D eigenvalue weighted by atomic mass is 32.2. The molecule has 0 aromatic heterocycles. The van der Waals surface area contributed by atoms with E-state index in [4.69, 9.17) is 9.47 Å². The van der Waals surface area contributed by atoms with Gasteiger partial charge in [0, 0.05) is 18.8 Å². The fourth-order valence-corrected chi connectivity index (χ4v) is 5.84. The lowest BCUT2D eigenvalue weighted by Crippen LogP contribution is -2.63. The van der Waals surface area contributed by atoms with Crippen molar-refractivity contribution in [3.8, 4) is 11.1 Å². The maximum Gasteiger partial charge on any atom is 0.408 e. The van der Waals surface area contributed by atoms with Gasteiger partial charge >= 0.3 is 12.1 Å². The van der Waals surface area contributed by atoms with E-state index in [1.165, 1.54) is 23.8 Å². The van der Waals surface area contributed by atoms with Crippen LogP contribution in [0.25, 0.3) is 11.1 Å². The van der Waals surface area contributed by atoms with E-state index in [0.29, 0.717) is 5.75 Å². The lowest BCUT2D eigenvalue weighted by Gasteiger charge is -2.36. The number of carboxylic acids is 1. The number of carbonyl (C=O) groups is 3. The molecule has 0 radical (unpaired) electrons. The first-order valence-electron chi connectivity index (χ1n) is 11.2. The predicted octanol–water partition coefficient (Wildman–Crippen LogP) is 3.31. The molecule has 4 rings (SSSR count). The molecule has 2 N–H and O–H groups in total. The van der Waals surface area contributed by atoms with Crippen LogP contribution in [-0.4, -0.2) is 71.5 Å². The highest BCUT2D eigenvalue weighted by Gasteiger charge is 2.47. The van der Waals surface area contributed by atoms with Gasteiger partial charge in [0.25, 0.3) is 5.91 Å². The number of nitrogens with zero attached hydrogens (tertiary/aromatic N) is 1. The molecule has 2 atom stereocenters. The van der Waals surface area contributed by atoms with Gasteiger partial charge in [0.05, 0.1) is 12.5 Å². The summed E-state index contributed by atoms with van der Waals surface area (Å²) in [5.41, 5.74) is 3.00. The minimum Gasteiger partial charge on any atom is -0.480 e. The Morgan fingerprint density at radius 1 is 1.12 bits per heavy atom. The number of methoxy groups -OCH3 is 1. The van der Waals surface area contributed by atoms with E-state index in [0.717, 1.165) is 22.3 Å². The molecule has 9 heteroatoms. The number of rotatable bonds is 8. The third-order valence-electron chi connectivity index (χ3n) is 6.52. The van der Waals surface area contributed by atoms with E-state index in [1.54, 1.807) is 6.92 Å². The van der Waals surface area contributed by atoms with Crippen LogP contribution in [0.3, 0.4) is 0 Å². The van der Waals surface area contributed by atoms with Crippen LogP contribution in [0.2, 0.25) is 0 Å². The summed E-state index contributed by atoms with van der Waals surface area (Å²) in [6.45, 7) is 1.76. The molecule has 0 bridgehead atoms. The van der Waals surface area contributed by atoms with Crippen molar-refractivity contribution in [2.45, 2.75) is 30.8 Å². The summed E-state index contributed by atoms with van der Waals surface area (Å²) in [6, 6.07) is 15.1. The Kier molecular flexibility index (Phi) is 7.13. The zero-order chi connectivity index (χ0) is 24.3. The molecule has 180 valence electrons. The summed E-state index contributed by atoms with van der Waals surface area (Å²) in [5.74, 6) is -1.12. The summed E-state index contributed by atoms with van der Waals surface area (Å²) in [4.78, 5) is 39.3. The van der Waals surface area contributed by atoms with Crippen molar-refractivity contribution in [1.82, 2.24) is 10.2 Å². The minimum absolute atomic E-state index is 0.0972. The molecular weight excluding hydrogens is 456 g/mol. The third kappa shape index (κ3) is 4.37. The maximum absolute atomic E-state index is 13.4. The van der Waals surface area contributed by atoms with Crippen LogP contribution in [0.15, 0.2) is 48.5 Å². The molecule has 1 heterocycles. The van der Waals surface area contributed by atoms with Crippen molar-refractivity contribution < 1.29 is 29.0 Å². The van der Waals surface area contributed by atoms with Gasteiger partial charge in [-0.2, -0.15) is 0 Å². The number of carbonyl (C=O) groups excluding carboxylic acids is 2. The van der Waals surface area contributed by atoms with Crippen LogP contribution in [0, 0.1) is 0 Å². The number of carboxylic acid groups (broad SMARTS) is 1. The lowest BCUT2D eigenvalue weighted by atomic mass is 9.94. The second-order valence-corrected chi connectivity index (χ2v) is 9.45.